The number of piperidine rings is 1. The highest BCUT2D eigenvalue weighted by atomic mass is 32.1. The first-order valence-electron chi connectivity index (χ1n) is 6.04. The number of aryl methyl sites for hydroxylation is 1. The van der Waals surface area contributed by atoms with Crippen LogP contribution in [0, 0.1) is 6.92 Å². The third kappa shape index (κ3) is 2.44. The number of rotatable bonds is 3. The average Bonchev–Trinajstić information content (AvgIpc) is 2.69. The second-order valence-corrected chi connectivity index (χ2v) is 5.60. The van der Waals surface area contributed by atoms with Crippen LogP contribution in [-0.2, 0) is 0 Å². The van der Waals surface area contributed by atoms with Crippen molar-refractivity contribution in [2.45, 2.75) is 38.1 Å². The molecule has 1 aromatic heterocycles. The van der Waals surface area contributed by atoms with Gasteiger partial charge in [-0.15, -0.1) is 11.3 Å². The van der Waals surface area contributed by atoms with Crippen LogP contribution in [0.2, 0.25) is 0 Å². The van der Waals surface area contributed by atoms with Gasteiger partial charge in [0.05, 0.1) is 5.01 Å². The number of nitrogens with two attached hydrogens (primary N) is 1. The van der Waals surface area contributed by atoms with E-state index >= 15 is 0 Å². The molecule has 3 nitrogen and oxygen atoms in total. The minimum atomic E-state index is 0.420. The Bertz CT molecular complexity index is 337. The fourth-order valence-electron chi connectivity index (χ4n) is 2.57. The van der Waals surface area contributed by atoms with Crippen LogP contribution in [0.15, 0.2) is 5.38 Å². The number of thiazole rings is 1. The molecule has 1 aliphatic heterocycles. The van der Waals surface area contributed by atoms with E-state index in [1.54, 1.807) is 11.3 Å². The molecule has 0 aliphatic carbocycles. The van der Waals surface area contributed by atoms with Gasteiger partial charge in [-0.05, 0) is 33.4 Å². The summed E-state index contributed by atoms with van der Waals surface area (Å²) < 4.78 is 0. The van der Waals surface area contributed by atoms with Crippen LogP contribution in [0.3, 0.4) is 0 Å². The second kappa shape index (κ2) is 5.25. The van der Waals surface area contributed by atoms with Crippen LogP contribution in [0.25, 0.3) is 0 Å². The van der Waals surface area contributed by atoms with Crippen molar-refractivity contribution in [1.82, 2.24) is 9.88 Å². The van der Waals surface area contributed by atoms with E-state index in [2.05, 4.69) is 29.2 Å². The van der Waals surface area contributed by atoms with E-state index in [-0.39, 0.29) is 0 Å². The number of hydrogen-bond acceptors (Lipinski definition) is 4. The van der Waals surface area contributed by atoms with E-state index in [1.807, 2.05) is 0 Å². The van der Waals surface area contributed by atoms with Gasteiger partial charge in [0.1, 0.15) is 0 Å². The molecule has 4 heteroatoms. The first-order valence-corrected chi connectivity index (χ1v) is 6.92. The molecule has 1 aromatic rings. The highest BCUT2D eigenvalue weighted by Crippen LogP contribution is 2.30. The quantitative estimate of drug-likeness (QED) is 0.877. The average molecular weight is 239 g/mol. The zero-order valence-electron chi connectivity index (χ0n) is 10.1. The zero-order chi connectivity index (χ0) is 11.5. The predicted octanol–water partition coefficient (Wildman–Crippen LogP) is 1.98. The van der Waals surface area contributed by atoms with Crippen LogP contribution in [0.4, 0.5) is 0 Å². The molecule has 0 amide bonds. The lowest BCUT2D eigenvalue weighted by molar-refractivity contribution is 0.160. The number of likely N-dealkylation sites (tertiary alicyclic amines) is 1. The number of aromatic nitrogens is 1. The van der Waals surface area contributed by atoms with Gasteiger partial charge in [-0.2, -0.15) is 0 Å². The summed E-state index contributed by atoms with van der Waals surface area (Å²) in [4.78, 5) is 7.06. The van der Waals surface area contributed by atoms with E-state index in [0.717, 1.165) is 5.69 Å². The van der Waals surface area contributed by atoms with Crippen molar-refractivity contribution in [3.8, 4) is 0 Å². The lowest BCUT2D eigenvalue weighted by Gasteiger charge is -2.36. The first-order chi connectivity index (χ1) is 7.72. The fourth-order valence-corrected chi connectivity index (χ4v) is 3.54. The first kappa shape index (κ1) is 12.0. The maximum Gasteiger partial charge on any atom is 0.0987 e. The standard InChI is InChI=1S/C12H21N3S/c1-9-8-16-12(14-9)10(7-13)11-5-3-4-6-15(11)2/h8,10-11H,3-7,13H2,1-2H3. The third-order valence-electron chi connectivity index (χ3n) is 3.50. The van der Waals surface area contributed by atoms with Gasteiger partial charge in [0, 0.05) is 29.6 Å². The van der Waals surface area contributed by atoms with E-state index in [4.69, 9.17) is 5.73 Å². The molecule has 2 N–H and O–H groups in total. The van der Waals surface area contributed by atoms with Gasteiger partial charge in [0.15, 0.2) is 0 Å². The molecule has 1 fully saturated rings. The lowest BCUT2D eigenvalue weighted by atomic mass is 9.91. The SMILES string of the molecule is Cc1csc(C(CN)C2CCCCN2C)n1. The van der Waals surface area contributed by atoms with Crippen LogP contribution < -0.4 is 5.73 Å². The Morgan fingerprint density at radius 1 is 1.62 bits per heavy atom. The maximum atomic E-state index is 5.95. The summed E-state index contributed by atoms with van der Waals surface area (Å²) in [6.45, 7) is 3.96. The summed E-state index contributed by atoms with van der Waals surface area (Å²) >= 11 is 1.76. The molecule has 0 spiro atoms. The summed E-state index contributed by atoms with van der Waals surface area (Å²) in [7, 11) is 2.22. The monoisotopic (exact) mass is 239 g/mol. The van der Waals surface area contributed by atoms with Crippen molar-refractivity contribution in [3.05, 3.63) is 16.1 Å². The smallest absolute Gasteiger partial charge is 0.0987 e. The minimum absolute atomic E-state index is 0.420. The Hall–Kier alpha value is -0.450. The van der Waals surface area contributed by atoms with Crippen molar-refractivity contribution in [2.75, 3.05) is 20.1 Å². The zero-order valence-corrected chi connectivity index (χ0v) is 11.0. The number of hydrogen-bond donors (Lipinski definition) is 1. The van der Waals surface area contributed by atoms with E-state index in [0.29, 0.717) is 18.5 Å². The molecule has 0 saturated carbocycles. The number of likely N-dealkylation sites (N-methyl/N-ethyl adjacent to an activating group) is 1. The van der Waals surface area contributed by atoms with Gasteiger partial charge in [-0.25, -0.2) is 4.98 Å². The Balaban J connectivity index is 2.14. The van der Waals surface area contributed by atoms with Crippen LogP contribution in [0.1, 0.15) is 35.9 Å². The van der Waals surface area contributed by atoms with Crippen molar-refractivity contribution in [3.63, 3.8) is 0 Å². The van der Waals surface area contributed by atoms with E-state index in [9.17, 15) is 0 Å². The molecule has 2 atom stereocenters. The van der Waals surface area contributed by atoms with Crippen LogP contribution in [0.5, 0.6) is 0 Å². The summed E-state index contributed by atoms with van der Waals surface area (Å²) in [6, 6.07) is 0.587. The minimum Gasteiger partial charge on any atom is -0.330 e. The van der Waals surface area contributed by atoms with Gasteiger partial charge in [-0.1, -0.05) is 6.42 Å². The van der Waals surface area contributed by atoms with Crippen LogP contribution in [-0.4, -0.2) is 36.1 Å². The molecule has 0 aromatic carbocycles. The lowest BCUT2D eigenvalue weighted by Crippen LogP contribution is -2.42. The van der Waals surface area contributed by atoms with Gasteiger partial charge in [0.2, 0.25) is 0 Å². The Morgan fingerprint density at radius 3 is 3.00 bits per heavy atom. The second-order valence-electron chi connectivity index (χ2n) is 4.71. The highest BCUT2D eigenvalue weighted by Gasteiger charge is 2.29. The molecule has 16 heavy (non-hydrogen) atoms. The Kier molecular flexibility index (Phi) is 3.95. The molecule has 2 rings (SSSR count). The molecule has 1 aliphatic rings. The van der Waals surface area contributed by atoms with Gasteiger partial charge in [-0.3, -0.25) is 0 Å². The molecule has 2 heterocycles. The third-order valence-corrected chi connectivity index (χ3v) is 4.59. The molecular weight excluding hydrogens is 218 g/mol. The van der Waals surface area contributed by atoms with Crippen molar-refractivity contribution in [2.24, 2.45) is 5.73 Å². The largest absolute Gasteiger partial charge is 0.330 e. The molecular formula is C12H21N3S. The molecule has 90 valence electrons. The van der Waals surface area contributed by atoms with Crippen molar-refractivity contribution < 1.29 is 0 Å². The van der Waals surface area contributed by atoms with E-state index in [1.165, 1.54) is 30.8 Å². The highest BCUT2D eigenvalue weighted by molar-refractivity contribution is 7.09. The van der Waals surface area contributed by atoms with Gasteiger partial charge < -0.3 is 10.6 Å². The molecule has 0 bridgehead atoms. The summed E-state index contributed by atoms with van der Waals surface area (Å²) in [6.07, 6.45) is 3.91. The normalized spacial score (nSPS) is 24.6. The van der Waals surface area contributed by atoms with E-state index < -0.39 is 0 Å². The summed E-state index contributed by atoms with van der Waals surface area (Å²) in [5.74, 6) is 0.420. The van der Waals surface area contributed by atoms with Crippen molar-refractivity contribution in [1.29, 1.82) is 0 Å². The Labute approximate surface area is 102 Å². The van der Waals surface area contributed by atoms with Crippen molar-refractivity contribution >= 4 is 11.3 Å². The Morgan fingerprint density at radius 2 is 2.44 bits per heavy atom. The van der Waals surface area contributed by atoms with Gasteiger partial charge in [0.25, 0.3) is 0 Å². The molecule has 0 radical (unpaired) electrons. The topological polar surface area (TPSA) is 42.1 Å². The van der Waals surface area contributed by atoms with Crippen LogP contribution >= 0.6 is 11.3 Å². The fraction of sp³-hybridized carbons (Fsp3) is 0.750. The molecule has 1 saturated heterocycles. The number of nitrogens with zero attached hydrogens (tertiary/aromatic N) is 2. The maximum absolute atomic E-state index is 5.95. The molecule has 2 unspecified atom stereocenters. The predicted molar refractivity (Wildman–Crippen MR) is 68.9 cm³/mol. The van der Waals surface area contributed by atoms with Gasteiger partial charge >= 0.3 is 0 Å². The summed E-state index contributed by atoms with van der Waals surface area (Å²) in [5.41, 5.74) is 7.07. The summed E-state index contributed by atoms with van der Waals surface area (Å²) in [5, 5.41) is 3.35.